The zero-order valence-electron chi connectivity index (χ0n) is 19.9. The molecule has 0 radical (unpaired) electrons. The van der Waals surface area contributed by atoms with Crippen molar-refractivity contribution in [3.05, 3.63) is 95.7 Å². The largest absolute Gasteiger partial charge is 0.490 e. The molecule has 0 amide bonds. The Morgan fingerprint density at radius 3 is 2.83 bits per heavy atom. The molecule has 1 atom stereocenters. The van der Waals surface area contributed by atoms with Crippen LogP contribution in [-0.4, -0.2) is 47.4 Å². The van der Waals surface area contributed by atoms with Crippen molar-refractivity contribution < 1.29 is 14.3 Å². The summed E-state index contributed by atoms with van der Waals surface area (Å²) in [4.78, 5) is 14.6. The van der Waals surface area contributed by atoms with Crippen molar-refractivity contribution in [2.45, 2.75) is 25.8 Å². The number of rotatable bonds is 9. The summed E-state index contributed by atoms with van der Waals surface area (Å²) in [6, 6.07) is 23.8. The van der Waals surface area contributed by atoms with Crippen LogP contribution in [0.2, 0.25) is 0 Å². The Morgan fingerprint density at radius 1 is 1.00 bits per heavy atom. The number of ether oxygens (including phenoxy) is 2. The van der Waals surface area contributed by atoms with Crippen molar-refractivity contribution in [3.63, 3.8) is 0 Å². The number of benzene rings is 3. The third-order valence-electron chi connectivity index (χ3n) is 6.53. The molecule has 6 heteroatoms. The van der Waals surface area contributed by atoms with Crippen molar-refractivity contribution in [2.75, 3.05) is 26.3 Å². The summed E-state index contributed by atoms with van der Waals surface area (Å²) in [7, 11) is 0. The van der Waals surface area contributed by atoms with E-state index in [4.69, 9.17) is 9.47 Å². The number of H-pyrrole nitrogens is 1. The minimum absolute atomic E-state index is 0.219. The van der Waals surface area contributed by atoms with Gasteiger partial charge in [0.2, 0.25) is 0 Å². The van der Waals surface area contributed by atoms with Crippen LogP contribution in [0.1, 0.15) is 34.3 Å². The highest BCUT2D eigenvalue weighted by Gasteiger charge is 2.20. The molecule has 0 aliphatic carbocycles. The van der Waals surface area contributed by atoms with Gasteiger partial charge in [-0.25, -0.2) is 4.79 Å². The highest BCUT2D eigenvalue weighted by atomic mass is 16.6. The van der Waals surface area contributed by atoms with Crippen LogP contribution in [0.25, 0.3) is 10.9 Å². The lowest BCUT2D eigenvalue weighted by molar-refractivity contribution is 0.0450. The SMILES string of the molecule is O=C(OCCOc1cccc(CN2CCC[C@@H](Cc3ccc4[nH]ncc4c3)C2)c1)c1ccccc1. The molecule has 1 fully saturated rings. The molecule has 35 heavy (non-hydrogen) atoms. The first-order chi connectivity index (χ1) is 17.2. The van der Waals surface area contributed by atoms with Crippen LogP contribution in [-0.2, 0) is 17.7 Å². The highest BCUT2D eigenvalue weighted by molar-refractivity contribution is 5.89. The minimum Gasteiger partial charge on any atom is -0.490 e. The molecular formula is C29H31N3O3. The molecule has 0 spiro atoms. The molecule has 1 aliphatic heterocycles. The second kappa shape index (κ2) is 11.2. The Bertz CT molecular complexity index is 1250. The van der Waals surface area contributed by atoms with Gasteiger partial charge in [-0.2, -0.15) is 5.10 Å². The van der Waals surface area contributed by atoms with Crippen LogP contribution in [0, 0.1) is 5.92 Å². The normalized spacial score (nSPS) is 16.3. The fourth-order valence-electron chi connectivity index (χ4n) is 4.86. The smallest absolute Gasteiger partial charge is 0.338 e. The molecule has 0 unspecified atom stereocenters. The summed E-state index contributed by atoms with van der Waals surface area (Å²) in [6.45, 7) is 3.68. The lowest BCUT2D eigenvalue weighted by Gasteiger charge is -2.33. The number of hydrogen-bond acceptors (Lipinski definition) is 5. The maximum atomic E-state index is 12.0. The molecule has 1 aliphatic rings. The second-order valence-electron chi connectivity index (χ2n) is 9.24. The molecule has 4 aromatic rings. The molecule has 1 N–H and O–H groups in total. The van der Waals surface area contributed by atoms with Gasteiger partial charge in [-0.15, -0.1) is 0 Å². The number of likely N-dealkylation sites (tertiary alicyclic amines) is 1. The maximum absolute atomic E-state index is 12.0. The maximum Gasteiger partial charge on any atom is 0.338 e. The Hall–Kier alpha value is -3.64. The topological polar surface area (TPSA) is 67.5 Å². The third-order valence-corrected chi connectivity index (χ3v) is 6.53. The predicted octanol–water partition coefficient (Wildman–Crippen LogP) is 5.25. The quantitative estimate of drug-likeness (QED) is 0.268. The highest BCUT2D eigenvalue weighted by Crippen LogP contribution is 2.24. The van der Waals surface area contributed by atoms with E-state index in [0.717, 1.165) is 37.3 Å². The number of carbonyl (C=O) groups excluding carboxylic acids is 1. The monoisotopic (exact) mass is 469 g/mol. The Balaban J connectivity index is 1.09. The van der Waals surface area contributed by atoms with E-state index < -0.39 is 0 Å². The molecule has 180 valence electrons. The number of esters is 1. The standard InChI is InChI=1S/C29H31N3O3/c33-29(25-8-2-1-3-9-25)35-15-14-34-27-10-4-6-24(18-27)21-32-13-5-7-23(20-32)16-22-11-12-28-26(17-22)19-30-31-28/h1-4,6,8-12,17-19,23H,5,7,13-16,20-21H2,(H,30,31)/t23-/m0/s1. The van der Waals surface area contributed by atoms with E-state index >= 15 is 0 Å². The van der Waals surface area contributed by atoms with Gasteiger partial charge in [-0.3, -0.25) is 10.00 Å². The number of nitrogens with zero attached hydrogens (tertiary/aromatic N) is 2. The lowest BCUT2D eigenvalue weighted by atomic mass is 9.90. The Morgan fingerprint density at radius 2 is 1.91 bits per heavy atom. The number of piperidine rings is 1. The van der Waals surface area contributed by atoms with E-state index in [1.807, 2.05) is 36.5 Å². The van der Waals surface area contributed by atoms with Gasteiger partial charge in [0, 0.05) is 18.5 Å². The van der Waals surface area contributed by atoms with Gasteiger partial charge in [-0.1, -0.05) is 36.4 Å². The zero-order valence-corrected chi connectivity index (χ0v) is 19.9. The summed E-state index contributed by atoms with van der Waals surface area (Å²) in [5.41, 5.74) is 4.27. The molecule has 6 nitrogen and oxygen atoms in total. The fourth-order valence-corrected chi connectivity index (χ4v) is 4.86. The number of hydrogen-bond donors (Lipinski definition) is 1. The molecule has 2 heterocycles. The molecule has 3 aromatic carbocycles. The van der Waals surface area contributed by atoms with Gasteiger partial charge in [-0.05, 0) is 79.3 Å². The molecule has 1 aromatic heterocycles. The van der Waals surface area contributed by atoms with Gasteiger partial charge in [0.25, 0.3) is 0 Å². The molecule has 5 rings (SSSR count). The number of fused-ring (bicyclic) bond motifs is 1. The van der Waals surface area contributed by atoms with E-state index in [0.29, 0.717) is 18.1 Å². The van der Waals surface area contributed by atoms with Crippen molar-refractivity contribution in [2.24, 2.45) is 5.92 Å². The van der Waals surface area contributed by atoms with E-state index in [9.17, 15) is 4.79 Å². The van der Waals surface area contributed by atoms with Gasteiger partial charge >= 0.3 is 5.97 Å². The van der Waals surface area contributed by atoms with Crippen LogP contribution in [0.15, 0.2) is 79.0 Å². The molecule has 1 saturated heterocycles. The van der Waals surface area contributed by atoms with Crippen LogP contribution >= 0.6 is 0 Å². The Labute approximate surface area is 205 Å². The summed E-state index contributed by atoms with van der Waals surface area (Å²) in [6.07, 6.45) is 5.49. The van der Waals surface area contributed by atoms with Crippen molar-refractivity contribution >= 4 is 16.9 Å². The summed E-state index contributed by atoms with van der Waals surface area (Å²) in [5, 5.41) is 8.34. The van der Waals surface area contributed by atoms with E-state index in [-0.39, 0.29) is 12.6 Å². The molecule has 0 saturated carbocycles. The predicted molar refractivity (Wildman–Crippen MR) is 136 cm³/mol. The van der Waals surface area contributed by atoms with Gasteiger partial charge in [0.15, 0.2) is 0 Å². The fraction of sp³-hybridized carbons (Fsp3) is 0.310. The van der Waals surface area contributed by atoms with Gasteiger partial charge < -0.3 is 9.47 Å². The average molecular weight is 470 g/mol. The number of aromatic amines is 1. The first kappa shape index (κ1) is 23.1. The number of nitrogens with one attached hydrogen (secondary N) is 1. The van der Waals surface area contributed by atoms with E-state index in [1.54, 1.807) is 12.1 Å². The zero-order chi connectivity index (χ0) is 23.9. The van der Waals surface area contributed by atoms with Crippen LogP contribution in [0.5, 0.6) is 5.75 Å². The first-order valence-corrected chi connectivity index (χ1v) is 12.3. The number of carbonyl (C=O) groups is 1. The molecular weight excluding hydrogens is 438 g/mol. The van der Waals surface area contributed by atoms with Crippen molar-refractivity contribution in [1.29, 1.82) is 0 Å². The van der Waals surface area contributed by atoms with Gasteiger partial charge in [0.05, 0.1) is 17.3 Å². The average Bonchev–Trinajstić information content (AvgIpc) is 3.35. The van der Waals surface area contributed by atoms with Crippen LogP contribution in [0.4, 0.5) is 0 Å². The van der Waals surface area contributed by atoms with Crippen molar-refractivity contribution in [3.8, 4) is 5.75 Å². The summed E-state index contributed by atoms with van der Waals surface area (Å²) >= 11 is 0. The van der Waals surface area contributed by atoms with E-state index in [2.05, 4.69) is 45.4 Å². The minimum atomic E-state index is -0.327. The summed E-state index contributed by atoms with van der Waals surface area (Å²) < 4.78 is 11.2. The lowest BCUT2D eigenvalue weighted by Crippen LogP contribution is -2.35. The van der Waals surface area contributed by atoms with Crippen molar-refractivity contribution in [1.82, 2.24) is 15.1 Å². The van der Waals surface area contributed by atoms with E-state index in [1.165, 1.54) is 29.4 Å². The second-order valence-corrected chi connectivity index (χ2v) is 9.24. The Kier molecular flexibility index (Phi) is 7.39. The van der Waals surface area contributed by atoms with Crippen LogP contribution < -0.4 is 4.74 Å². The summed E-state index contributed by atoms with van der Waals surface area (Å²) in [5.74, 6) is 1.14. The molecule has 0 bridgehead atoms. The van der Waals surface area contributed by atoms with Crippen LogP contribution in [0.3, 0.4) is 0 Å². The third kappa shape index (κ3) is 6.28. The number of aromatic nitrogens is 2. The van der Waals surface area contributed by atoms with Gasteiger partial charge in [0.1, 0.15) is 19.0 Å². The first-order valence-electron chi connectivity index (χ1n) is 12.3.